The van der Waals surface area contributed by atoms with Crippen molar-refractivity contribution in [1.29, 1.82) is 0 Å². The molecule has 0 aliphatic heterocycles. The van der Waals surface area contributed by atoms with Crippen LogP contribution in [0.25, 0.3) is 0 Å². The maximum absolute atomic E-state index is 11.3. The van der Waals surface area contributed by atoms with Crippen molar-refractivity contribution >= 4 is 5.97 Å². The number of methoxy groups -OCH3 is 1. The summed E-state index contributed by atoms with van der Waals surface area (Å²) < 4.78 is 10.3. The number of benzene rings is 1. The number of hydrogen-bond donors (Lipinski definition) is 0. The minimum atomic E-state index is -0.293. The molecule has 4 nitrogen and oxygen atoms in total. The molecule has 0 amide bonds. The topological polar surface area (TPSA) is 38.8 Å². The molecule has 0 bridgehead atoms. The molecule has 0 heterocycles. The van der Waals surface area contributed by atoms with Gasteiger partial charge in [-0.1, -0.05) is 12.1 Å². The zero-order valence-electron chi connectivity index (χ0n) is 12.3. The first-order chi connectivity index (χ1) is 9.69. The predicted octanol–water partition coefficient (Wildman–Crippen LogP) is 2.33. The molecule has 4 heteroatoms. The van der Waals surface area contributed by atoms with Crippen LogP contribution in [0.4, 0.5) is 0 Å². The molecular weight excluding hydrogens is 254 g/mol. The van der Waals surface area contributed by atoms with E-state index in [1.54, 1.807) is 12.1 Å². The summed E-state index contributed by atoms with van der Waals surface area (Å²) in [6.07, 6.45) is 2.67. The van der Waals surface area contributed by atoms with E-state index in [-0.39, 0.29) is 5.97 Å². The van der Waals surface area contributed by atoms with Crippen LogP contribution in [0.2, 0.25) is 0 Å². The van der Waals surface area contributed by atoms with Gasteiger partial charge in [0, 0.05) is 19.7 Å². The number of rotatable bonds is 8. The van der Waals surface area contributed by atoms with Gasteiger partial charge < -0.3 is 9.47 Å². The molecule has 1 fully saturated rings. The maximum atomic E-state index is 11.3. The van der Waals surface area contributed by atoms with E-state index < -0.39 is 0 Å². The molecule has 0 atom stereocenters. The quantitative estimate of drug-likeness (QED) is 0.540. The second kappa shape index (κ2) is 7.41. The lowest BCUT2D eigenvalue weighted by molar-refractivity contribution is 0.0600. The molecule has 0 aromatic heterocycles. The molecule has 20 heavy (non-hydrogen) atoms. The van der Waals surface area contributed by atoms with Crippen molar-refractivity contribution in [2.24, 2.45) is 5.92 Å². The van der Waals surface area contributed by atoms with Crippen molar-refractivity contribution in [3.8, 4) is 0 Å². The molecule has 0 saturated heterocycles. The van der Waals surface area contributed by atoms with Crippen LogP contribution in [-0.4, -0.2) is 44.8 Å². The van der Waals surface area contributed by atoms with Crippen LogP contribution in [0.5, 0.6) is 0 Å². The molecule has 0 unspecified atom stereocenters. The van der Waals surface area contributed by atoms with E-state index in [0.717, 1.165) is 32.2 Å². The van der Waals surface area contributed by atoms with Crippen molar-refractivity contribution in [3.63, 3.8) is 0 Å². The van der Waals surface area contributed by atoms with Crippen molar-refractivity contribution in [2.45, 2.75) is 19.4 Å². The predicted molar refractivity (Wildman–Crippen MR) is 77.7 cm³/mol. The zero-order chi connectivity index (χ0) is 14.4. The number of carbonyl (C=O) groups excluding carboxylic acids is 1. The summed E-state index contributed by atoms with van der Waals surface area (Å²) in [5.41, 5.74) is 1.77. The Kier molecular flexibility index (Phi) is 5.56. The van der Waals surface area contributed by atoms with Gasteiger partial charge in [-0.05, 0) is 43.5 Å². The first-order valence-electron chi connectivity index (χ1n) is 7.12. The Morgan fingerprint density at radius 3 is 2.60 bits per heavy atom. The minimum absolute atomic E-state index is 0.293. The van der Waals surface area contributed by atoms with Gasteiger partial charge in [0.15, 0.2) is 0 Å². The average molecular weight is 277 g/mol. The van der Waals surface area contributed by atoms with E-state index in [1.165, 1.54) is 25.5 Å². The fourth-order valence-electron chi connectivity index (χ4n) is 2.01. The van der Waals surface area contributed by atoms with E-state index in [4.69, 9.17) is 4.74 Å². The van der Waals surface area contributed by atoms with Gasteiger partial charge in [0.05, 0.1) is 19.3 Å². The Morgan fingerprint density at radius 2 is 2.00 bits per heavy atom. The van der Waals surface area contributed by atoms with Gasteiger partial charge in [0.1, 0.15) is 0 Å². The lowest BCUT2D eigenvalue weighted by atomic mass is 10.1. The number of esters is 1. The second-order valence-electron chi connectivity index (χ2n) is 5.44. The molecule has 1 aliphatic rings. The molecular formula is C16H23NO3. The van der Waals surface area contributed by atoms with E-state index in [2.05, 4.69) is 16.7 Å². The molecule has 1 aromatic rings. The molecule has 0 radical (unpaired) electrons. The summed E-state index contributed by atoms with van der Waals surface area (Å²) >= 11 is 0. The van der Waals surface area contributed by atoms with E-state index in [1.807, 2.05) is 12.1 Å². The van der Waals surface area contributed by atoms with Crippen LogP contribution >= 0.6 is 0 Å². The molecule has 0 N–H and O–H groups in total. The summed E-state index contributed by atoms with van der Waals surface area (Å²) in [5.74, 6) is 0.532. The highest BCUT2D eigenvalue weighted by atomic mass is 16.5. The molecule has 1 aliphatic carbocycles. The Bertz CT molecular complexity index is 426. The monoisotopic (exact) mass is 277 g/mol. The second-order valence-corrected chi connectivity index (χ2v) is 5.44. The van der Waals surface area contributed by atoms with Gasteiger partial charge in [0.25, 0.3) is 0 Å². The third kappa shape index (κ3) is 4.94. The summed E-state index contributed by atoms with van der Waals surface area (Å²) in [4.78, 5) is 13.6. The van der Waals surface area contributed by atoms with Crippen molar-refractivity contribution in [2.75, 3.05) is 33.9 Å². The Morgan fingerprint density at radius 1 is 1.30 bits per heavy atom. The number of ether oxygens (including phenoxy) is 2. The molecule has 110 valence electrons. The maximum Gasteiger partial charge on any atom is 0.337 e. The van der Waals surface area contributed by atoms with Gasteiger partial charge in [-0.25, -0.2) is 4.79 Å². The lowest BCUT2D eigenvalue weighted by Crippen LogP contribution is -2.23. The van der Waals surface area contributed by atoms with E-state index in [0.29, 0.717) is 5.56 Å². The fourth-order valence-corrected chi connectivity index (χ4v) is 2.01. The Labute approximate surface area is 120 Å². The van der Waals surface area contributed by atoms with Crippen molar-refractivity contribution < 1.29 is 14.3 Å². The van der Waals surface area contributed by atoms with Crippen molar-refractivity contribution in [3.05, 3.63) is 35.4 Å². The third-order valence-electron chi connectivity index (χ3n) is 3.50. The van der Waals surface area contributed by atoms with Crippen LogP contribution in [0, 0.1) is 5.92 Å². The summed E-state index contributed by atoms with van der Waals surface area (Å²) in [6, 6.07) is 7.54. The SMILES string of the molecule is COC(=O)c1ccc(CN(C)CCOCC2CC2)cc1. The molecule has 1 aromatic carbocycles. The highest BCUT2D eigenvalue weighted by molar-refractivity contribution is 5.89. The molecule has 2 rings (SSSR count). The smallest absolute Gasteiger partial charge is 0.337 e. The van der Waals surface area contributed by atoms with Gasteiger partial charge in [-0.3, -0.25) is 4.90 Å². The Hall–Kier alpha value is -1.39. The van der Waals surface area contributed by atoms with Gasteiger partial charge in [-0.2, -0.15) is 0 Å². The van der Waals surface area contributed by atoms with Crippen LogP contribution in [0.15, 0.2) is 24.3 Å². The highest BCUT2D eigenvalue weighted by Gasteiger charge is 2.20. The summed E-state index contributed by atoms with van der Waals surface area (Å²) in [6.45, 7) is 3.48. The Balaban J connectivity index is 1.69. The number of carbonyl (C=O) groups is 1. The largest absolute Gasteiger partial charge is 0.465 e. The number of hydrogen-bond acceptors (Lipinski definition) is 4. The lowest BCUT2D eigenvalue weighted by Gasteiger charge is -2.16. The summed E-state index contributed by atoms with van der Waals surface area (Å²) in [7, 11) is 3.47. The zero-order valence-corrected chi connectivity index (χ0v) is 12.3. The highest BCUT2D eigenvalue weighted by Crippen LogP contribution is 2.28. The first kappa shape index (κ1) is 15.0. The molecule has 1 saturated carbocycles. The van der Waals surface area contributed by atoms with E-state index in [9.17, 15) is 4.79 Å². The number of nitrogens with zero attached hydrogens (tertiary/aromatic N) is 1. The van der Waals surface area contributed by atoms with Gasteiger partial charge in [-0.15, -0.1) is 0 Å². The van der Waals surface area contributed by atoms with Crippen LogP contribution in [0.3, 0.4) is 0 Å². The van der Waals surface area contributed by atoms with Gasteiger partial charge >= 0.3 is 5.97 Å². The first-order valence-corrected chi connectivity index (χ1v) is 7.12. The van der Waals surface area contributed by atoms with Crippen LogP contribution < -0.4 is 0 Å². The molecule has 0 spiro atoms. The number of likely N-dealkylation sites (N-methyl/N-ethyl adjacent to an activating group) is 1. The third-order valence-corrected chi connectivity index (χ3v) is 3.50. The average Bonchev–Trinajstić information content (AvgIpc) is 3.28. The van der Waals surface area contributed by atoms with Crippen LogP contribution in [0.1, 0.15) is 28.8 Å². The van der Waals surface area contributed by atoms with E-state index >= 15 is 0 Å². The minimum Gasteiger partial charge on any atom is -0.465 e. The van der Waals surface area contributed by atoms with Crippen molar-refractivity contribution in [1.82, 2.24) is 4.90 Å². The van der Waals surface area contributed by atoms with Crippen LogP contribution in [-0.2, 0) is 16.0 Å². The normalized spacial score (nSPS) is 14.6. The van der Waals surface area contributed by atoms with Gasteiger partial charge in [0.2, 0.25) is 0 Å². The standard InChI is InChI=1S/C16H23NO3/c1-17(9-10-20-12-14-3-4-14)11-13-5-7-15(8-6-13)16(18)19-2/h5-8,14H,3-4,9-12H2,1-2H3. The fraction of sp³-hybridized carbons (Fsp3) is 0.562. The summed E-state index contributed by atoms with van der Waals surface area (Å²) in [5, 5.41) is 0.